The molecular formula is C26H31N7O2. The van der Waals surface area contributed by atoms with Gasteiger partial charge in [0, 0.05) is 56.4 Å². The summed E-state index contributed by atoms with van der Waals surface area (Å²) in [5.74, 6) is 0.0898. The van der Waals surface area contributed by atoms with Crippen LogP contribution in [0.4, 0.5) is 5.69 Å². The Morgan fingerprint density at radius 3 is 2.57 bits per heavy atom. The van der Waals surface area contributed by atoms with E-state index < -0.39 is 0 Å². The van der Waals surface area contributed by atoms with Crippen molar-refractivity contribution in [1.82, 2.24) is 29.2 Å². The third-order valence-electron chi connectivity index (χ3n) is 6.26. The van der Waals surface area contributed by atoms with E-state index in [-0.39, 0.29) is 23.6 Å². The average molecular weight is 474 g/mol. The van der Waals surface area contributed by atoms with Gasteiger partial charge in [0.2, 0.25) is 5.91 Å². The number of carbonyl (C=O) groups is 1. The van der Waals surface area contributed by atoms with E-state index in [9.17, 15) is 9.59 Å². The SMILES string of the molecule is CC(C)(C)Cn1c(=O)[nH]c2nc(-c3cccc(N4CCN(C(=O)Cn5cccn5)CC4)c3)ccc21. The van der Waals surface area contributed by atoms with Crippen LogP contribution in [0.3, 0.4) is 0 Å². The molecule has 9 nitrogen and oxygen atoms in total. The molecule has 0 atom stereocenters. The molecule has 5 rings (SSSR count). The average Bonchev–Trinajstić information content (AvgIpc) is 3.45. The maximum Gasteiger partial charge on any atom is 0.327 e. The molecule has 0 saturated carbocycles. The monoisotopic (exact) mass is 473 g/mol. The Morgan fingerprint density at radius 1 is 1.06 bits per heavy atom. The highest BCUT2D eigenvalue weighted by molar-refractivity contribution is 5.77. The van der Waals surface area contributed by atoms with Gasteiger partial charge in [-0.15, -0.1) is 0 Å². The number of nitrogens with one attached hydrogen (secondary N) is 1. The molecule has 0 unspecified atom stereocenters. The van der Waals surface area contributed by atoms with Crippen LogP contribution < -0.4 is 10.6 Å². The van der Waals surface area contributed by atoms with Gasteiger partial charge in [-0.2, -0.15) is 5.10 Å². The molecule has 1 aliphatic heterocycles. The van der Waals surface area contributed by atoms with Crippen molar-refractivity contribution in [2.24, 2.45) is 5.41 Å². The van der Waals surface area contributed by atoms with Gasteiger partial charge in [-0.3, -0.25) is 19.0 Å². The molecule has 0 radical (unpaired) electrons. The van der Waals surface area contributed by atoms with Gasteiger partial charge in [0.05, 0.1) is 11.2 Å². The Hall–Kier alpha value is -3.88. The number of H-pyrrole nitrogens is 1. The first kappa shape index (κ1) is 22.9. The zero-order valence-corrected chi connectivity index (χ0v) is 20.4. The summed E-state index contributed by atoms with van der Waals surface area (Å²) >= 11 is 0. The molecule has 1 saturated heterocycles. The summed E-state index contributed by atoms with van der Waals surface area (Å²) in [5, 5.41) is 4.12. The number of hydrogen-bond acceptors (Lipinski definition) is 5. The first-order chi connectivity index (χ1) is 16.8. The molecule has 4 heterocycles. The van der Waals surface area contributed by atoms with Crippen LogP contribution in [0.2, 0.25) is 0 Å². The van der Waals surface area contributed by atoms with Gasteiger partial charge in [0.1, 0.15) is 6.54 Å². The van der Waals surface area contributed by atoms with Gasteiger partial charge in [-0.25, -0.2) is 9.78 Å². The second kappa shape index (κ2) is 9.05. The Kier molecular flexibility index (Phi) is 5.92. The Balaban J connectivity index is 1.30. The molecule has 4 aromatic rings. The molecule has 1 aliphatic rings. The molecule has 1 amide bonds. The predicted molar refractivity (Wildman–Crippen MR) is 136 cm³/mol. The molecule has 1 fully saturated rings. The number of imidazole rings is 1. The molecule has 182 valence electrons. The van der Waals surface area contributed by atoms with Gasteiger partial charge in [-0.05, 0) is 35.7 Å². The number of carbonyl (C=O) groups excluding carboxylic acids is 1. The molecule has 3 aromatic heterocycles. The minimum Gasteiger partial charge on any atom is -0.368 e. The number of piperazine rings is 1. The van der Waals surface area contributed by atoms with Gasteiger partial charge in [-0.1, -0.05) is 32.9 Å². The highest BCUT2D eigenvalue weighted by Gasteiger charge is 2.22. The summed E-state index contributed by atoms with van der Waals surface area (Å²) in [5.41, 5.74) is 4.19. The summed E-state index contributed by atoms with van der Waals surface area (Å²) in [6, 6.07) is 14.0. The van der Waals surface area contributed by atoms with E-state index in [4.69, 9.17) is 4.98 Å². The summed E-state index contributed by atoms with van der Waals surface area (Å²) in [7, 11) is 0. The lowest BCUT2D eigenvalue weighted by Crippen LogP contribution is -2.49. The molecule has 9 heteroatoms. The number of nitrogens with zero attached hydrogens (tertiary/aromatic N) is 6. The quantitative estimate of drug-likeness (QED) is 0.481. The lowest BCUT2D eigenvalue weighted by molar-refractivity contribution is -0.132. The van der Waals surface area contributed by atoms with Crippen molar-refractivity contribution in [1.29, 1.82) is 0 Å². The molecule has 1 N–H and O–H groups in total. The Bertz CT molecular complexity index is 1390. The standard InChI is InChI=1S/C26H31N7O2/c1-26(2,3)18-33-22-9-8-21(28-24(22)29-25(33)35)19-6-4-7-20(16-19)30-12-14-31(15-13-30)23(34)17-32-11-5-10-27-32/h4-11,16H,12-15,17-18H2,1-3H3,(H,28,29,35). The Labute approximate surface area is 204 Å². The molecule has 0 bridgehead atoms. The molecular weight excluding hydrogens is 442 g/mol. The number of amides is 1. The zero-order valence-electron chi connectivity index (χ0n) is 20.4. The maximum atomic E-state index is 12.6. The van der Waals surface area contributed by atoms with Crippen LogP contribution in [0, 0.1) is 5.41 Å². The largest absolute Gasteiger partial charge is 0.368 e. The van der Waals surface area contributed by atoms with E-state index in [1.54, 1.807) is 21.6 Å². The summed E-state index contributed by atoms with van der Waals surface area (Å²) < 4.78 is 3.42. The predicted octanol–water partition coefficient (Wildman–Crippen LogP) is 2.98. The van der Waals surface area contributed by atoms with Crippen molar-refractivity contribution in [2.75, 3.05) is 31.1 Å². The third-order valence-corrected chi connectivity index (χ3v) is 6.26. The van der Waals surface area contributed by atoms with Crippen molar-refractivity contribution in [3.05, 3.63) is 65.3 Å². The number of hydrogen-bond donors (Lipinski definition) is 1. The first-order valence-electron chi connectivity index (χ1n) is 12.0. The fourth-order valence-electron chi connectivity index (χ4n) is 4.54. The Morgan fingerprint density at radius 2 is 1.86 bits per heavy atom. The second-order valence-electron chi connectivity index (χ2n) is 10.3. The van der Waals surface area contributed by atoms with Gasteiger partial charge in [0.15, 0.2) is 5.65 Å². The highest BCUT2D eigenvalue weighted by atomic mass is 16.2. The highest BCUT2D eigenvalue weighted by Crippen LogP contribution is 2.26. The van der Waals surface area contributed by atoms with E-state index in [2.05, 4.69) is 47.9 Å². The minimum absolute atomic E-state index is 0.0141. The lowest BCUT2D eigenvalue weighted by atomic mass is 9.97. The topological polar surface area (TPSA) is 92.0 Å². The second-order valence-corrected chi connectivity index (χ2v) is 10.3. The van der Waals surface area contributed by atoms with Crippen LogP contribution in [0.5, 0.6) is 0 Å². The van der Waals surface area contributed by atoms with Crippen molar-refractivity contribution in [2.45, 2.75) is 33.9 Å². The first-order valence-corrected chi connectivity index (χ1v) is 12.0. The summed E-state index contributed by atoms with van der Waals surface area (Å²) in [4.78, 5) is 36.9. The van der Waals surface area contributed by atoms with E-state index in [1.807, 2.05) is 35.2 Å². The van der Waals surface area contributed by atoms with Gasteiger partial charge < -0.3 is 9.80 Å². The molecule has 35 heavy (non-hydrogen) atoms. The molecule has 0 aliphatic carbocycles. The van der Waals surface area contributed by atoms with E-state index >= 15 is 0 Å². The molecule has 1 aromatic carbocycles. The number of aromatic amines is 1. The third kappa shape index (κ3) is 4.99. The molecule has 0 spiro atoms. The normalized spacial score (nSPS) is 14.6. The number of rotatable bonds is 5. The zero-order chi connectivity index (χ0) is 24.6. The number of benzene rings is 1. The van der Waals surface area contributed by atoms with Crippen molar-refractivity contribution < 1.29 is 4.79 Å². The van der Waals surface area contributed by atoms with Crippen LogP contribution in [0.25, 0.3) is 22.4 Å². The van der Waals surface area contributed by atoms with Crippen LogP contribution in [-0.2, 0) is 17.9 Å². The van der Waals surface area contributed by atoms with Crippen molar-refractivity contribution in [3.8, 4) is 11.3 Å². The number of fused-ring (bicyclic) bond motifs is 1. The smallest absolute Gasteiger partial charge is 0.327 e. The minimum atomic E-state index is -0.131. The summed E-state index contributed by atoms with van der Waals surface area (Å²) in [6.45, 7) is 10.1. The van der Waals surface area contributed by atoms with E-state index in [0.717, 1.165) is 35.6 Å². The fourth-order valence-corrected chi connectivity index (χ4v) is 4.54. The number of anilines is 1. The van der Waals surface area contributed by atoms with Crippen molar-refractivity contribution >= 4 is 22.8 Å². The number of pyridine rings is 1. The van der Waals surface area contributed by atoms with Crippen LogP contribution in [0.1, 0.15) is 20.8 Å². The lowest BCUT2D eigenvalue weighted by Gasteiger charge is -2.36. The van der Waals surface area contributed by atoms with Crippen LogP contribution in [0.15, 0.2) is 59.7 Å². The van der Waals surface area contributed by atoms with Gasteiger partial charge in [0.25, 0.3) is 0 Å². The maximum absolute atomic E-state index is 12.6. The fraction of sp³-hybridized carbons (Fsp3) is 0.385. The van der Waals surface area contributed by atoms with E-state index in [1.165, 1.54) is 0 Å². The summed E-state index contributed by atoms with van der Waals surface area (Å²) in [6.07, 6.45) is 3.49. The van der Waals surface area contributed by atoms with Gasteiger partial charge >= 0.3 is 5.69 Å². The van der Waals surface area contributed by atoms with Crippen LogP contribution >= 0.6 is 0 Å². The van der Waals surface area contributed by atoms with Crippen molar-refractivity contribution in [3.63, 3.8) is 0 Å². The number of aromatic nitrogens is 5. The van der Waals surface area contributed by atoms with E-state index in [0.29, 0.717) is 25.3 Å². The van der Waals surface area contributed by atoms with Crippen LogP contribution in [-0.4, -0.2) is 61.3 Å².